The highest BCUT2D eigenvalue weighted by molar-refractivity contribution is 5.95. The van der Waals surface area contributed by atoms with Crippen molar-refractivity contribution in [3.8, 4) is 17.1 Å². The molecule has 33 heavy (non-hydrogen) atoms. The van der Waals surface area contributed by atoms with Crippen LogP contribution in [0.25, 0.3) is 11.3 Å². The Labute approximate surface area is 192 Å². The fourth-order valence-corrected chi connectivity index (χ4v) is 4.08. The van der Waals surface area contributed by atoms with Crippen molar-refractivity contribution in [1.82, 2.24) is 4.90 Å². The molecule has 2 heterocycles. The monoisotopic (exact) mass is 449 g/mol. The summed E-state index contributed by atoms with van der Waals surface area (Å²) in [6.45, 7) is 0.830. The third kappa shape index (κ3) is 5.26. The highest BCUT2D eigenvalue weighted by Crippen LogP contribution is 2.36. The van der Waals surface area contributed by atoms with Crippen molar-refractivity contribution in [2.24, 2.45) is 0 Å². The number of carbonyl (C=O) groups is 2. The molecular weight excluding hydrogens is 422 g/mol. The summed E-state index contributed by atoms with van der Waals surface area (Å²) in [5.74, 6) is 0.244. The maximum atomic E-state index is 13.2. The maximum absolute atomic E-state index is 13.2. The first kappa shape index (κ1) is 22.6. The molecule has 7 heteroatoms. The molecule has 4 rings (SSSR count). The number of carbonyl (C=O) groups excluding carboxylic acids is 1. The number of aliphatic hydroxyl groups is 1. The minimum atomic E-state index is -1.10. The van der Waals surface area contributed by atoms with Gasteiger partial charge in [0.25, 0.3) is 5.91 Å². The van der Waals surface area contributed by atoms with Crippen molar-refractivity contribution < 1.29 is 29.0 Å². The van der Waals surface area contributed by atoms with Gasteiger partial charge in [0, 0.05) is 29.7 Å². The first-order chi connectivity index (χ1) is 16.0. The summed E-state index contributed by atoms with van der Waals surface area (Å²) < 4.78 is 11.3. The molecule has 3 aromatic rings. The van der Waals surface area contributed by atoms with E-state index in [-0.39, 0.29) is 12.3 Å². The molecule has 2 aromatic carbocycles. The second-order valence-corrected chi connectivity index (χ2v) is 8.06. The van der Waals surface area contributed by atoms with E-state index >= 15 is 0 Å². The molecule has 0 fully saturated rings. The van der Waals surface area contributed by atoms with Crippen molar-refractivity contribution in [1.29, 1.82) is 0 Å². The van der Waals surface area contributed by atoms with E-state index in [0.29, 0.717) is 42.9 Å². The van der Waals surface area contributed by atoms with E-state index < -0.39 is 12.2 Å². The highest BCUT2D eigenvalue weighted by Gasteiger charge is 2.32. The molecule has 0 spiro atoms. The number of unbranched alkanes of at least 4 members (excludes halogenated alkanes) is 2. The topological polar surface area (TPSA) is 100 Å². The van der Waals surface area contributed by atoms with Crippen molar-refractivity contribution >= 4 is 11.9 Å². The molecule has 0 saturated heterocycles. The molecule has 0 radical (unpaired) electrons. The smallest absolute Gasteiger partial charge is 0.303 e. The minimum absolute atomic E-state index is 0.152. The summed E-state index contributed by atoms with van der Waals surface area (Å²) in [4.78, 5) is 25.2. The van der Waals surface area contributed by atoms with Crippen LogP contribution in [0, 0.1) is 0 Å². The molecule has 1 atom stereocenters. The standard InChI is InChI=1S/C26H27NO6/c28-23(29)9-2-1-3-16-33-22-7-4-6-19-14-15-27(26(31)24(19)22)25(30)20-12-10-18(11-13-20)21-8-5-17-32-21/h4-8,10-13,17,26,31H,1-3,9,14-16H2,(H,28,29). The number of rotatable bonds is 9. The molecule has 7 nitrogen and oxygen atoms in total. The Balaban J connectivity index is 1.43. The van der Waals surface area contributed by atoms with Gasteiger partial charge in [-0.05, 0) is 61.6 Å². The van der Waals surface area contributed by atoms with Crippen LogP contribution < -0.4 is 4.74 Å². The van der Waals surface area contributed by atoms with Crippen LogP contribution in [0.4, 0.5) is 0 Å². The number of aliphatic hydroxyl groups excluding tert-OH is 1. The van der Waals surface area contributed by atoms with Gasteiger partial charge in [0.15, 0.2) is 6.23 Å². The Morgan fingerprint density at radius 2 is 1.85 bits per heavy atom. The maximum Gasteiger partial charge on any atom is 0.303 e. The van der Waals surface area contributed by atoms with Gasteiger partial charge in [0.2, 0.25) is 0 Å². The normalized spacial score (nSPS) is 15.2. The number of nitrogens with zero attached hydrogens (tertiary/aromatic N) is 1. The summed E-state index contributed by atoms with van der Waals surface area (Å²) in [6.07, 6.45) is 3.35. The van der Waals surface area contributed by atoms with Gasteiger partial charge in [0.05, 0.1) is 12.9 Å². The molecule has 0 saturated carbocycles. The molecule has 172 valence electrons. The first-order valence-electron chi connectivity index (χ1n) is 11.1. The number of ether oxygens (including phenoxy) is 1. The fraction of sp³-hybridized carbons (Fsp3) is 0.308. The summed E-state index contributed by atoms with van der Waals surface area (Å²) in [5, 5.41) is 19.8. The van der Waals surface area contributed by atoms with Crippen molar-refractivity contribution in [3.05, 3.63) is 77.6 Å². The van der Waals surface area contributed by atoms with E-state index in [1.54, 1.807) is 24.5 Å². The average Bonchev–Trinajstić information content (AvgIpc) is 3.36. The molecule has 2 N–H and O–H groups in total. The second kappa shape index (κ2) is 10.4. The van der Waals surface area contributed by atoms with Gasteiger partial charge in [-0.15, -0.1) is 0 Å². The molecule has 0 bridgehead atoms. The third-order valence-corrected chi connectivity index (χ3v) is 5.82. The van der Waals surface area contributed by atoms with Crippen LogP contribution in [0.15, 0.2) is 65.3 Å². The van der Waals surface area contributed by atoms with Gasteiger partial charge in [-0.25, -0.2) is 0 Å². The number of hydrogen-bond acceptors (Lipinski definition) is 5. The number of amides is 1. The van der Waals surface area contributed by atoms with Crippen molar-refractivity contribution in [3.63, 3.8) is 0 Å². The van der Waals surface area contributed by atoms with Gasteiger partial charge in [-0.3, -0.25) is 9.59 Å². The zero-order valence-corrected chi connectivity index (χ0v) is 18.3. The second-order valence-electron chi connectivity index (χ2n) is 8.06. The lowest BCUT2D eigenvalue weighted by Crippen LogP contribution is -2.40. The fourth-order valence-electron chi connectivity index (χ4n) is 4.08. The summed E-state index contributed by atoms with van der Waals surface area (Å²) in [7, 11) is 0. The van der Waals surface area contributed by atoms with Crippen molar-refractivity contribution in [2.45, 2.75) is 38.3 Å². The van der Waals surface area contributed by atoms with Crippen LogP contribution in [0.5, 0.6) is 5.75 Å². The zero-order valence-electron chi connectivity index (χ0n) is 18.3. The van der Waals surface area contributed by atoms with E-state index in [1.807, 2.05) is 36.4 Å². The number of fused-ring (bicyclic) bond motifs is 1. The van der Waals surface area contributed by atoms with Crippen LogP contribution in [-0.2, 0) is 11.2 Å². The number of furan rings is 1. The van der Waals surface area contributed by atoms with Gasteiger partial charge in [-0.2, -0.15) is 0 Å². The van der Waals surface area contributed by atoms with Gasteiger partial charge in [0.1, 0.15) is 11.5 Å². The molecule has 0 aliphatic carbocycles. The molecule has 1 unspecified atom stereocenters. The number of aliphatic carboxylic acids is 1. The summed E-state index contributed by atoms with van der Waals surface area (Å²) in [5.41, 5.74) is 2.95. The van der Waals surface area contributed by atoms with E-state index in [2.05, 4.69) is 0 Å². The molecule has 1 aliphatic rings. The number of carboxylic acids is 1. The van der Waals surface area contributed by atoms with E-state index in [1.165, 1.54) is 4.90 Å². The first-order valence-corrected chi connectivity index (χ1v) is 11.1. The van der Waals surface area contributed by atoms with Crippen molar-refractivity contribution in [2.75, 3.05) is 13.2 Å². The Kier molecular flexibility index (Phi) is 7.10. The van der Waals surface area contributed by atoms with Gasteiger partial charge < -0.3 is 24.3 Å². The SMILES string of the molecule is O=C(O)CCCCCOc1cccc2c1C(O)N(C(=O)c1ccc(-c3ccco3)cc1)CC2. The molecule has 1 aliphatic heterocycles. The average molecular weight is 450 g/mol. The lowest BCUT2D eigenvalue weighted by Gasteiger charge is -2.35. The minimum Gasteiger partial charge on any atom is -0.493 e. The highest BCUT2D eigenvalue weighted by atomic mass is 16.5. The van der Waals surface area contributed by atoms with Gasteiger partial charge in [-0.1, -0.05) is 24.3 Å². The van der Waals surface area contributed by atoms with E-state index in [0.717, 1.165) is 29.7 Å². The predicted molar refractivity (Wildman–Crippen MR) is 122 cm³/mol. The number of carboxylic acid groups (broad SMARTS) is 1. The number of hydrogen-bond donors (Lipinski definition) is 2. The van der Waals surface area contributed by atoms with Crippen LogP contribution in [-0.4, -0.2) is 40.1 Å². The zero-order chi connectivity index (χ0) is 23.2. The molecule has 1 amide bonds. The Hall–Kier alpha value is -3.58. The summed E-state index contributed by atoms with van der Waals surface area (Å²) >= 11 is 0. The predicted octanol–water partition coefficient (Wildman–Crippen LogP) is 4.66. The summed E-state index contributed by atoms with van der Waals surface area (Å²) in [6, 6.07) is 16.4. The van der Waals surface area contributed by atoms with Gasteiger partial charge >= 0.3 is 5.97 Å². The van der Waals surface area contributed by atoms with Crippen LogP contribution in [0.3, 0.4) is 0 Å². The lowest BCUT2D eigenvalue weighted by molar-refractivity contribution is -0.137. The molecular formula is C26H27NO6. The Morgan fingerprint density at radius 1 is 1.03 bits per heavy atom. The molecule has 1 aromatic heterocycles. The largest absolute Gasteiger partial charge is 0.493 e. The lowest BCUT2D eigenvalue weighted by atomic mass is 9.96. The third-order valence-electron chi connectivity index (χ3n) is 5.82. The van der Waals surface area contributed by atoms with Crippen LogP contribution in [0.1, 0.15) is 53.4 Å². The Morgan fingerprint density at radius 3 is 2.58 bits per heavy atom. The quantitative estimate of drug-likeness (QED) is 0.461. The van der Waals surface area contributed by atoms with Crippen LogP contribution in [0.2, 0.25) is 0 Å². The van der Waals surface area contributed by atoms with Crippen LogP contribution >= 0.6 is 0 Å². The van der Waals surface area contributed by atoms with E-state index in [9.17, 15) is 14.7 Å². The number of benzene rings is 2. The Bertz CT molecular complexity index is 1090. The van der Waals surface area contributed by atoms with E-state index in [4.69, 9.17) is 14.3 Å².